The van der Waals surface area contributed by atoms with Crippen LogP contribution in [0.5, 0.6) is 5.75 Å². The first-order valence-electron chi connectivity index (χ1n) is 6.59. The molecule has 1 heterocycles. The molecule has 2 atom stereocenters. The number of benzene rings is 1. The maximum absolute atomic E-state index is 5.32. The average Bonchev–Trinajstić information content (AvgIpc) is 2.38. The van der Waals surface area contributed by atoms with Gasteiger partial charge in [-0.3, -0.25) is 0 Å². The summed E-state index contributed by atoms with van der Waals surface area (Å²) in [7, 11) is 6.07. The monoisotopic (exact) mass is 265 g/mol. The van der Waals surface area contributed by atoms with Gasteiger partial charge in [0.2, 0.25) is 0 Å². The van der Waals surface area contributed by atoms with Gasteiger partial charge in [-0.05, 0) is 56.3 Å². The number of hydrogen-bond acceptors (Lipinski definition) is 3. The van der Waals surface area contributed by atoms with Crippen molar-refractivity contribution in [3.63, 3.8) is 0 Å². The number of hydrogen-bond donors (Lipinski definition) is 0. The Labute approximate surface area is 115 Å². The maximum Gasteiger partial charge on any atom is 0.119 e. The number of rotatable bonds is 4. The summed E-state index contributed by atoms with van der Waals surface area (Å²) in [6, 6.07) is 8.58. The van der Waals surface area contributed by atoms with Crippen molar-refractivity contribution in [2.24, 2.45) is 0 Å². The molecule has 2 nitrogen and oxygen atoms in total. The minimum atomic E-state index is 0.700. The highest BCUT2D eigenvalue weighted by molar-refractivity contribution is 7.99. The molecule has 3 heteroatoms. The average molecular weight is 265 g/mol. The van der Waals surface area contributed by atoms with Crippen molar-refractivity contribution in [2.75, 3.05) is 33.5 Å². The van der Waals surface area contributed by atoms with Crippen LogP contribution in [-0.4, -0.2) is 43.7 Å². The molecule has 1 aliphatic heterocycles. The summed E-state index contributed by atoms with van der Waals surface area (Å²) in [6.07, 6.45) is 2.58. The molecule has 1 fully saturated rings. The molecule has 0 saturated carbocycles. The van der Waals surface area contributed by atoms with Crippen molar-refractivity contribution in [3.05, 3.63) is 29.8 Å². The highest BCUT2D eigenvalue weighted by atomic mass is 32.2. The van der Waals surface area contributed by atoms with E-state index in [1.165, 1.54) is 30.7 Å². The van der Waals surface area contributed by atoms with Crippen LogP contribution < -0.4 is 4.74 Å². The largest absolute Gasteiger partial charge is 0.497 e. The molecule has 0 radical (unpaired) electrons. The molecule has 0 N–H and O–H groups in total. The Morgan fingerprint density at radius 1 is 1.39 bits per heavy atom. The molecule has 1 saturated heterocycles. The van der Waals surface area contributed by atoms with Crippen molar-refractivity contribution < 1.29 is 4.74 Å². The molecule has 0 bridgehead atoms. The van der Waals surface area contributed by atoms with E-state index in [0.717, 1.165) is 11.0 Å². The predicted octanol–water partition coefficient (Wildman–Crippen LogP) is 3.24. The number of ether oxygens (including phenoxy) is 1. The lowest BCUT2D eigenvalue weighted by Gasteiger charge is -2.30. The second kappa shape index (κ2) is 6.48. The summed E-state index contributed by atoms with van der Waals surface area (Å²) in [4.78, 5) is 2.30. The lowest BCUT2D eigenvalue weighted by Crippen LogP contribution is -2.28. The molecule has 0 spiro atoms. The minimum absolute atomic E-state index is 0.700. The molecule has 1 aliphatic rings. The summed E-state index contributed by atoms with van der Waals surface area (Å²) in [5.41, 5.74) is 1.44. The van der Waals surface area contributed by atoms with Gasteiger partial charge in [-0.2, -0.15) is 11.8 Å². The van der Waals surface area contributed by atoms with Crippen LogP contribution in [0, 0.1) is 0 Å². The van der Waals surface area contributed by atoms with Crippen LogP contribution in [0.15, 0.2) is 24.3 Å². The van der Waals surface area contributed by atoms with E-state index in [1.54, 1.807) is 7.11 Å². The van der Waals surface area contributed by atoms with Crippen LogP contribution in [0.1, 0.15) is 24.3 Å². The molecular weight excluding hydrogens is 242 g/mol. The molecule has 18 heavy (non-hydrogen) atoms. The van der Waals surface area contributed by atoms with Gasteiger partial charge in [-0.15, -0.1) is 0 Å². The first-order valence-corrected chi connectivity index (χ1v) is 7.64. The number of nitrogens with zero attached hydrogens (tertiary/aromatic N) is 1. The van der Waals surface area contributed by atoms with E-state index in [-0.39, 0.29) is 0 Å². The highest BCUT2D eigenvalue weighted by Crippen LogP contribution is 2.37. The summed E-state index contributed by atoms with van der Waals surface area (Å²) >= 11 is 2.13. The van der Waals surface area contributed by atoms with Gasteiger partial charge in [0.05, 0.1) is 7.11 Å². The zero-order chi connectivity index (χ0) is 13.0. The predicted molar refractivity (Wildman–Crippen MR) is 79.8 cm³/mol. The quantitative estimate of drug-likeness (QED) is 0.829. The molecule has 0 aromatic heterocycles. The number of thioether (sulfide) groups is 1. The lowest BCUT2D eigenvalue weighted by atomic mass is 9.91. The second-order valence-corrected chi connectivity index (χ2v) is 6.66. The fraction of sp³-hybridized carbons (Fsp3) is 0.600. The summed E-state index contributed by atoms with van der Waals surface area (Å²) in [6.45, 7) is 1.19. The third-order valence-electron chi connectivity index (χ3n) is 3.50. The fourth-order valence-electron chi connectivity index (χ4n) is 2.61. The van der Waals surface area contributed by atoms with Crippen molar-refractivity contribution in [1.29, 1.82) is 0 Å². The van der Waals surface area contributed by atoms with Crippen LogP contribution in [0.4, 0.5) is 0 Å². The zero-order valence-corrected chi connectivity index (χ0v) is 12.4. The van der Waals surface area contributed by atoms with E-state index in [1.807, 2.05) is 6.07 Å². The van der Waals surface area contributed by atoms with Gasteiger partial charge in [0.15, 0.2) is 0 Å². The molecule has 1 aromatic carbocycles. The summed E-state index contributed by atoms with van der Waals surface area (Å²) in [5, 5.41) is 0.768. The van der Waals surface area contributed by atoms with Gasteiger partial charge < -0.3 is 9.64 Å². The zero-order valence-electron chi connectivity index (χ0n) is 11.6. The Morgan fingerprint density at radius 3 is 2.94 bits per heavy atom. The smallest absolute Gasteiger partial charge is 0.119 e. The van der Waals surface area contributed by atoms with Crippen LogP contribution in [0.2, 0.25) is 0 Å². The molecule has 2 rings (SSSR count). The standard InChI is InChI=1S/C15H23NOS/c1-16(2)11-15-10-13(7-8-18-15)12-5-4-6-14(9-12)17-3/h4-6,9,13,15H,7-8,10-11H2,1-3H3. The van der Waals surface area contributed by atoms with Gasteiger partial charge in [-0.1, -0.05) is 12.1 Å². The SMILES string of the molecule is COc1cccc(C2CCSC(CN(C)C)C2)c1. The Morgan fingerprint density at radius 2 is 2.22 bits per heavy atom. The summed E-state index contributed by atoms with van der Waals surface area (Å²) in [5.74, 6) is 2.96. The lowest BCUT2D eigenvalue weighted by molar-refractivity contribution is 0.385. The Bertz CT molecular complexity index is 381. The molecule has 0 amide bonds. The Hall–Kier alpha value is -0.670. The third-order valence-corrected chi connectivity index (χ3v) is 4.79. The third kappa shape index (κ3) is 3.66. The van der Waals surface area contributed by atoms with E-state index in [2.05, 4.69) is 49.0 Å². The van der Waals surface area contributed by atoms with E-state index in [4.69, 9.17) is 4.74 Å². The van der Waals surface area contributed by atoms with Gasteiger partial charge in [-0.25, -0.2) is 0 Å². The van der Waals surface area contributed by atoms with E-state index in [9.17, 15) is 0 Å². The summed E-state index contributed by atoms with van der Waals surface area (Å²) < 4.78 is 5.32. The van der Waals surface area contributed by atoms with Gasteiger partial charge in [0, 0.05) is 11.8 Å². The first-order chi connectivity index (χ1) is 8.69. The molecular formula is C15H23NOS. The molecule has 0 aliphatic carbocycles. The highest BCUT2D eigenvalue weighted by Gasteiger charge is 2.24. The van der Waals surface area contributed by atoms with Crippen molar-refractivity contribution in [1.82, 2.24) is 4.90 Å². The molecule has 2 unspecified atom stereocenters. The fourth-order valence-corrected chi connectivity index (χ4v) is 4.14. The number of methoxy groups -OCH3 is 1. The van der Waals surface area contributed by atoms with Gasteiger partial charge >= 0.3 is 0 Å². The first kappa shape index (κ1) is 13.8. The van der Waals surface area contributed by atoms with Gasteiger partial charge in [0.1, 0.15) is 5.75 Å². The maximum atomic E-state index is 5.32. The van der Waals surface area contributed by atoms with Crippen LogP contribution >= 0.6 is 11.8 Å². The second-order valence-electron chi connectivity index (χ2n) is 5.25. The van der Waals surface area contributed by atoms with Crippen molar-refractivity contribution in [2.45, 2.75) is 24.0 Å². The van der Waals surface area contributed by atoms with E-state index >= 15 is 0 Å². The van der Waals surface area contributed by atoms with Crippen molar-refractivity contribution in [3.8, 4) is 5.75 Å². The van der Waals surface area contributed by atoms with Crippen LogP contribution in [-0.2, 0) is 0 Å². The topological polar surface area (TPSA) is 12.5 Å². The minimum Gasteiger partial charge on any atom is -0.497 e. The Kier molecular flexibility index (Phi) is 4.95. The molecule has 1 aromatic rings. The van der Waals surface area contributed by atoms with Gasteiger partial charge in [0.25, 0.3) is 0 Å². The molecule has 100 valence electrons. The van der Waals surface area contributed by atoms with E-state index in [0.29, 0.717) is 5.92 Å². The Balaban J connectivity index is 2.03. The van der Waals surface area contributed by atoms with Crippen LogP contribution in [0.25, 0.3) is 0 Å². The van der Waals surface area contributed by atoms with E-state index < -0.39 is 0 Å². The van der Waals surface area contributed by atoms with Crippen LogP contribution in [0.3, 0.4) is 0 Å². The normalized spacial score (nSPS) is 24.2. The van der Waals surface area contributed by atoms with Crippen molar-refractivity contribution >= 4 is 11.8 Å².